The summed E-state index contributed by atoms with van der Waals surface area (Å²) in [6.45, 7) is 13.4. The number of unbranched alkanes of at least 4 members (excludes halogenated alkanes) is 2. The van der Waals surface area contributed by atoms with Gasteiger partial charge in [0.25, 0.3) is 0 Å². The van der Waals surface area contributed by atoms with Crippen LogP contribution in [0.15, 0.2) is 133 Å². The predicted molar refractivity (Wildman–Crippen MR) is 230 cm³/mol. The van der Waals surface area contributed by atoms with Crippen molar-refractivity contribution in [2.75, 3.05) is 0 Å². The lowest BCUT2D eigenvalue weighted by molar-refractivity contribution is 0.302. The van der Waals surface area contributed by atoms with Crippen molar-refractivity contribution >= 4 is 5.57 Å². The quantitative estimate of drug-likeness (QED) is 0.0642. The summed E-state index contributed by atoms with van der Waals surface area (Å²) in [5.41, 5.74) is 8.84. The maximum atomic E-state index is 2.42. The minimum Gasteiger partial charge on any atom is -0.0885 e. The molecule has 0 saturated heterocycles. The van der Waals surface area contributed by atoms with Gasteiger partial charge in [-0.2, -0.15) is 0 Å². The van der Waals surface area contributed by atoms with Gasteiger partial charge in [0.1, 0.15) is 0 Å². The van der Waals surface area contributed by atoms with Gasteiger partial charge in [-0.05, 0) is 123 Å². The lowest BCUT2D eigenvalue weighted by atomic mass is 9.81. The summed E-state index contributed by atoms with van der Waals surface area (Å²) in [7, 11) is 0. The molecule has 0 aromatic heterocycles. The molecule has 0 saturated carbocycles. The fraction of sp³-hybridized carbons (Fsp3) is 0.451. The minimum absolute atomic E-state index is 0.833. The van der Waals surface area contributed by atoms with Crippen molar-refractivity contribution in [3.05, 3.63) is 161 Å². The van der Waals surface area contributed by atoms with Crippen LogP contribution in [0.1, 0.15) is 140 Å². The van der Waals surface area contributed by atoms with Crippen LogP contribution in [-0.2, 0) is 25.7 Å². The Hall–Kier alpha value is -3.64. The monoisotopic (exact) mass is 685 g/mol. The van der Waals surface area contributed by atoms with Crippen LogP contribution in [0, 0.1) is 11.8 Å². The maximum absolute atomic E-state index is 2.42. The van der Waals surface area contributed by atoms with E-state index >= 15 is 0 Å². The average Bonchev–Trinajstić information content (AvgIpc) is 3.19. The highest BCUT2D eigenvalue weighted by Gasteiger charge is 2.17. The molecule has 0 heterocycles. The Balaban J connectivity index is 0.000000454. The molecule has 0 heteroatoms. The van der Waals surface area contributed by atoms with Gasteiger partial charge in [-0.25, -0.2) is 0 Å². The Morgan fingerprint density at radius 2 is 1.02 bits per heavy atom. The molecule has 0 nitrogen and oxygen atoms in total. The second-order valence-electron chi connectivity index (χ2n) is 14.0. The molecule has 276 valence electrons. The van der Waals surface area contributed by atoms with Crippen molar-refractivity contribution in [2.24, 2.45) is 11.8 Å². The lowest BCUT2D eigenvalue weighted by Gasteiger charge is -2.24. The Labute approximate surface area is 315 Å². The van der Waals surface area contributed by atoms with Crippen molar-refractivity contribution in [2.45, 2.75) is 138 Å². The van der Waals surface area contributed by atoms with E-state index in [9.17, 15) is 0 Å². The molecule has 0 N–H and O–H groups in total. The molecule has 4 aromatic rings. The Morgan fingerprint density at radius 1 is 0.510 bits per heavy atom. The van der Waals surface area contributed by atoms with Gasteiger partial charge in [0.05, 0.1) is 0 Å². The molecular formula is C51H72. The zero-order valence-electron chi connectivity index (χ0n) is 33.5. The van der Waals surface area contributed by atoms with E-state index in [1.54, 1.807) is 5.56 Å². The molecule has 51 heavy (non-hydrogen) atoms. The normalized spacial score (nSPS) is 12.4. The number of aryl methyl sites for hydroxylation is 4. The molecule has 0 aliphatic heterocycles. The first kappa shape index (κ1) is 43.5. The summed E-state index contributed by atoms with van der Waals surface area (Å²) >= 11 is 0. The minimum atomic E-state index is 0.833. The Bertz CT molecular complexity index is 1370. The number of benzene rings is 4. The summed E-state index contributed by atoms with van der Waals surface area (Å²) < 4.78 is 0. The van der Waals surface area contributed by atoms with Gasteiger partial charge in [0.15, 0.2) is 0 Å². The molecule has 0 bridgehead atoms. The third kappa shape index (κ3) is 19.5. The molecule has 0 aliphatic rings. The second-order valence-corrected chi connectivity index (χ2v) is 14.0. The Morgan fingerprint density at radius 3 is 1.53 bits per heavy atom. The van der Waals surface area contributed by atoms with Crippen molar-refractivity contribution in [1.82, 2.24) is 0 Å². The van der Waals surface area contributed by atoms with E-state index in [2.05, 4.69) is 163 Å². The Kier molecular flexibility index (Phi) is 24.7. The van der Waals surface area contributed by atoms with Crippen LogP contribution in [0.5, 0.6) is 0 Å². The summed E-state index contributed by atoms with van der Waals surface area (Å²) in [5.74, 6) is 1.67. The van der Waals surface area contributed by atoms with Gasteiger partial charge in [-0.15, -0.1) is 0 Å². The van der Waals surface area contributed by atoms with Crippen LogP contribution in [0.25, 0.3) is 5.57 Å². The van der Waals surface area contributed by atoms with Crippen molar-refractivity contribution in [3.8, 4) is 0 Å². The highest BCUT2D eigenvalue weighted by molar-refractivity contribution is 5.67. The van der Waals surface area contributed by atoms with Gasteiger partial charge in [0.2, 0.25) is 0 Å². The highest BCUT2D eigenvalue weighted by atomic mass is 14.2. The van der Waals surface area contributed by atoms with E-state index in [4.69, 9.17) is 0 Å². The van der Waals surface area contributed by atoms with Crippen LogP contribution >= 0.6 is 0 Å². The fourth-order valence-electron chi connectivity index (χ4n) is 6.97. The predicted octanol–water partition coefficient (Wildman–Crippen LogP) is 15.5. The van der Waals surface area contributed by atoms with Crippen LogP contribution in [0.3, 0.4) is 0 Å². The highest BCUT2D eigenvalue weighted by Crippen LogP contribution is 2.31. The van der Waals surface area contributed by atoms with Crippen molar-refractivity contribution in [1.29, 1.82) is 0 Å². The molecular weight excluding hydrogens is 613 g/mol. The molecule has 4 rings (SSSR count). The average molecular weight is 685 g/mol. The molecule has 0 radical (unpaired) electrons. The van der Waals surface area contributed by atoms with E-state index in [0.717, 1.165) is 31.1 Å². The van der Waals surface area contributed by atoms with E-state index in [1.165, 1.54) is 105 Å². The van der Waals surface area contributed by atoms with Gasteiger partial charge in [-0.1, -0.05) is 194 Å². The van der Waals surface area contributed by atoms with Gasteiger partial charge in [0, 0.05) is 0 Å². The molecule has 4 aromatic carbocycles. The number of hydrogen-bond donors (Lipinski definition) is 0. The molecule has 2 unspecified atom stereocenters. The molecule has 0 fully saturated rings. The number of rotatable bonds is 20. The molecule has 0 spiro atoms. The van der Waals surface area contributed by atoms with E-state index < -0.39 is 0 Å². The summed E-state index contributed by atoms with van der Waals surface area (Å²) in [5, 5.41) is 0. The van der Waals surface area contributed by atoms with Gasteiger partial charge < -0.3 is 0 Å². The number of hydrogen-bond acceptors (Lipinski definition) is 0. The summed E-state index contributed by atoms with van der Waals surface area (Å²) in [6, 6.07) is 41.2. The van der Waals surface area contributed by atoms with Gasteiger partial charge in [-0.3, -0.25) is 0 Å². The fourth-order valence-corrected chi connectivity index (χ4v) is 6.97. The van der Waals surface area contributed by atoms with Crippen LogP contribution in [0.2, 0.25) is 0 Å². The zero-order valence-corrected chi connectivity index (χ0v) is 33.5. The van der Waals surface area contributed by atoms with E-state index in [-0.39, 0.29) is 0 Å². The first-order chi connectivity index (χ1) is 25.1. The van der Waals surface area contributed by atoms with Crippen LogP contribution in [-0.4, -0.2) is 0 Å². The van der Waals surface area contributed by atoms with Crippen molar-refractivity contribution < 1.29 is 0 Å². The first-order valence-electron chi connectivity index (χ1n) is 20.6. The third-order valence-corrected chi connectivity index (χ3v) is 10.1. The topological polar surface area (TPSA) is 0 Å². The zero-order chi connectivity index (χ0) is 36.8. The summed E-state index contributed by atoms with van der Waals surface area (Å²) in [4.78, 5) is 0. The summed E-state index contributed by atoms with van der Waals surface area (Å²) in [6.07, 6.45) is 26.1. The molecule has 2 atom stereocenters. The number of allylic oxidation sites excluding steroid dienone is 4. The van der Waals surface area contributed by atoms with E-state index in [0.29, 0.717) is 0 Å². The molecule has 0 amide bonds. The van der Waals surface area contributed by atoms with Crippen LogP contribution in [0.4, 0.5) is 0 Å². The SMILES string of the molecule is C/C=C(/CC)c1ccccc1CCC(CCC)CC(CCC/C=C\CCC)CCc1ccccc1.CCc1ccccc1.CCc1ccccc1. The smallest absolute Gasteiger partial charge is 0.0196 e. The standard InChI is InChI=1S/C35H52.2C8H10/c1-5-9-10-11-12-14-22-32(26-25-30-20-15-13-16-21-30)29-31(19-6-2)27-28-34-23-17-18-24-35(34)33(7-3)8-4;2*1-2-8-6-4-3-5-7-8/h7,10-11,13,15-18,20-21,23-24,31-32H,5-6,8-9,12,14,19,22,25-29H2,1-4H3;2*3-7H,2H2,1H3/b11-10-,33-7-;;. The van der Waals surface area contributed by atoms with E-state index in [1.807, 2.05) is 12.1 Å². The van der Waals surface area contributed by atoms with Gasteiger partial charge >= 0.3 is 0 Å². The lowest BCUT2D eigenvalue weighted by Crippen LogP contribution is -2.12. The molecule has 0 aliphatic carbocycles. The second kappa shape index (κ2) is 29.0. The van der Waals surface area contributed by atoms with Crippen LogP contribution < -0.4 is 0 Å². The first-order valence-corrected chi connectivity index (χ1v) is 20.6. The largest absolute Gasteiger partial charge is 0.0885 e. The van der Waals surface area contributed by atoms with Crippen molar-refractivity contribution in [3.63, 3.8) is 0 Å². The third-order valence-electron chi connectivity index (χ3n) is 10.1. The maximum Gasteiger partial charge on any atom is -0.0196 e.